The summed E-state index contributed by atoms with van der Waals surface area (Å²) in [6.45, 7) is 8.22. The maximum absolute atomic E-state index is 3.47. The van der Waals surface area contributed by atoms with Gasteiger partial charge >= 0.3 is 0 Å². The number of nitrogens with one attached hydrogen (secondary N) is 1. The van der Waals surface area contributed by atoms with Crippen molar-refractivity contribution < 1.29 is 0 Å². The van der Waals surface area contributed by atoms with Crippen LogP contribution in [0.5, 0.6) is 0 Å². The fraction of sp³-hybridized carbons (Fsp3) is 0.400. The van der Waals surface area contributed by atoms with E-state index >= 15 is 0 Å². The maximum atomic E-state index is 3.47. The van der Waals surface area contributed by atoms with E-state index in [1.165, 1.54) is 29.8 Å². The van der Waals surface area contributed by atoms with E-state index in [1.807, 2.05) is 19.9 Å². The number of hydrogen-bond acceptors (Lipinski definition) is 2. The molecule has 0 spiro atoms. The molecule has 1 aliphatic rings. The molecule has 0 aliphatic heterocycles. The number of rotatable bonds is 6. The van der Waals surface area contributed by atoms with Gasteiger partial charge in [0.05, 0.1) is 0 Å². The van der Waals surface area contributed by atoms with Gasteiger partial charge in [0.15, 0.2) is 0 Å². The van der Waals surface area contributed by atoms with Gasteiger partial charge in [-0.15, -0.1) is 0 Å². The zero-order valence-electron chi connectivity index (χ0n) is 14.0. The van der Waals surface area contributed by atoms with Crippen molar-refractivity contribution in [1.29, 1.82) is 0 Å². The molecule has 0 radical (unpaired) electrons. The van der Waals surface area contributed by atoms with Crippen LogP contribution >= 0.6 is 0 Å². The molecule has 3 rings (SSSR count). The third kappa shape index (κ3) is 4.52. The summed E-state index contributed by atoms with van der Waals surface area (Å²) in [6, 6.07) is 20.1. The van der Waals surface area contributed by atoms with Crippen LogP contribution < -0.4 is 10.2 Å². The first kappa shape index (κ1) is 16.4. The summed E-state index contributed by atoms with van der Waals surface area (Å²) in [5.41, 5.74) is 3.88. The van der Waals surface area contributed by atoms with Crippen molar-refractivity contribution in [2.24, 2.45) is 0 Å². The molecule has 1 saturated carbocycles. The van der Waals surface area contributed by atoms with Crippen LogP contribution in [0.2, 0.25) is 0 Å². The van der Waals surface area contributed by atoms with Gasteiger partial charge in [0.2, 0.25) is 0 Å². The summed E-state index contributed by atoms with van der Waals surface area (Å²) in [5, 5.41) is 3.47. The number of anilines is 2. The van der Waals surface area contributed by atoms with Crippen LogP contribution in [0.4, 0.5) is 11.4 Å². The molecule has 0 unspecified atom stereocenters. The Morgan fingerprint density at radius 2 is 1.73 bits per heavy atom. The molecule has 2 aromatic rings. The molecule has 2 aromatic carbocycles. The molecular formula is C20H28N2. The lowest BCUT2D eigenvalue weighted by molar-refractivity contribution is 0.825. The highest BCUT2D eigenvalue weighted by Crippen LogP contribution is 2.31. The Balaban J connectivity index is 0.000000847. The maximum Gasteiger partial charge on any atom is 0.0401 e. The van der Waals surface area contributed by atoms with E-state index in [4.69, 9.17) is 0 Å². The van der Waals surface area contributed by atoms with Crippen molar-refractivity contribution >= 4 is 11.4 Å². The Morgan fingerprint density at radius 3 is 2.36 bits per heavy atom. The summed E-state index contributed by atoms with van der Waals surface area (Å²) in [4.78, 5) is 2.52. The van der Waals surface area contributed by atoms with Crippen molar-refractivity contribution in [3.63, 3.8) is 0 Å². The summed E-state index contributed by atoms with van der Waals surface area (Å²) >= 11 is 0. The second-order valence-corrected chi connectivity index (χ2v) is 5.41. The fourth-order valence-electron chi connectivity index (χ4n) is 2.64. The molecule has 0 bridgehead atoms. The van der Waals surface area contributed by atoms with Crippen LogP contribution in [0, 0.1) is 0 Å². The lowest BCUT2D eigenvalue weighted by Gasteiger charge is -2.23. The van der Waals surface area contributed by atoms with Gasteiger partial charge in [-0.3, -0.25) is 0 Å². The minimum atomic E-state index is 0.775. The van der Waals surface area contributed by atoms with E-state index in [0.29, 0.717) is 0 Å². The number of benzene rings is 2. The van der Waals surface area contributed by atoms with Gasteiger partial charge in [-0.1, -0.05) is 44.2 Å². The molecule has 0 atom stereocenters. The van der Waals surface area contributed by atoms with Crippen molar-refractivity contribution in [3.05, 3.63) is 60.2 Å². The van der Waals surface area contributed by atoms with E-state index in [-0.39, 0.29) is 0 Å². The molecule has 2 heteroatoms. The van der Waals surface area contributed by atoms with Crippen LogP contribution in [0.15, 0.2) is 54.6 Å². The molecular weight excluding hydrogens is 268 g/mol. The highest BCUT2D eigenvalue weighted by molar-refractivity contribution is 5.51. The molecule has 0 amide bonds. The zero-order chi connectivity index (χ0) is 15.8. The summed E-state index contributed by atoms with van der Waals surface area (Å²) in [7, 11) is 0. The predicted molar refractivity (Wildman–Crippen MR) is 97.6 cm³/mol. The largest absolute Gasteiger partial charge is 0.381 e. The summed E-state index contributed by atoms with van der Waals surface area (Å²) < 4.78 is 0. The Labute approximate surface area is 135 Å². The predicted octanol–water partition coefficient (Wildman–Crippen LogP) is 5.31. The minimum absolute atomic E-state index is 0.775. The highest BCUT2D eigenvalue weighted by atomic mass is 15.2. The second kappa shape index (κ2) is 8.47. The average Bonchev–Trinajstić information content (AvgIpc) is 3.42. The monoisotopic (exact) mass is 296 g/mol. The molecule has 0 aromatic heterocycles. The second-order valence-electron chi connectivity index (χ2n) is 5.41. The standard InChI is InChI=1S/C18H22N2.C2H6/c1-2-20(17-11-12-17)18-10-6-7-15(13-18)14-19-16-8-4-3-5-9-16;1-2/h3-10,13,17,19H,2,11-12,14H2,1H3;1-2H3. The van der Waals surface area contributed by atoms with Gasteiger partial charge in [0.25, 0.3) is 0 Å². The molecule has 22 heavy (non-hydrogen) atoms. The van der Waals surface area contributed by atoms with Gasteiger partial charge in [0, 0.05) is 30.5 Å². The van der Waals surface area contributed by atoms with Crippen molar-refractivity contribution in [3.8, 4) is 0 Å². The summed E-state index contributed by atoms with van der Waals surface area (Å²) in [6.07, 6.45) is 2.70. The third-order valence-corrected chi connectivity index (χ3v) is 3.84. The van der Waals surface area contributed by atoms with Crippen molar-refractivity contribution in [1.82, 2.24) is 0 Å². The Kier molecular flexibility index (Phi) is 6.32. The zero-order valence-corrected chi connectivity index (χ0v) is 14.0. The summed E-state index contributed by atoms with van der Waals surface area (Å²) in [5.74, 6) is 0. The van der Waals surface area contributed by atoms with E-state index in [9.17, 15) is 0 Å². The van der Waals surface area contributed by atoms with Gasteiger partial charge in [0.1, 0.15) is 0 Å². The van der Waals surface area contributed by atoms with Crippen LogP contribution in [-0.2, 0) is 6.54 Å². The van der Waals surface area contributed by atoms with Gasteiger partial charge < -0.3 is 10.2 Å². The van der Waals surface area contributed by atoms with Crippen molar-refractivity contribution in [2.45, 2.75) is 46.2 Å². The van der Waals surface area contributed by atoms with E-state index in [0.717, 1.165) is 19.1 Å². The van der Waals surface area contributed by atoms with E-state index < -0.39 is 0 Å². The van der Waals surface area contributed by atoms with Gasteiger partial charge in [-0.25, -0.2) is 0 Å². The molecule has 2 nitrogen and oxygen atoms in total. The number of para-hydroxylation sites is 1. The van der Waals surface area contributed by atoms with E-state index in [2.05, 4.69) is 65.7 Å². The van der Waals surface area contributed by atoms with Crippen LogP contribution in [0.25, 0.3) is 0 Å². The molecule has 118 valence electrons. The molecule has 0 heterocycles. The van der Waals surface area contributed by atoms with Crippen LogP contribution in [-0.4, -0.2) is 12.6 Å². The number of hydrogen-bond donors (Lipinski definition) is 1. The smallest absolute Gasteiger partial charge is 0.0401 e. The Morgan fingerprint density at radius 1 is 1.00 bits per heavy atom. The fourth-order valence-corrected chi connectivity index (χ4v) is 2.64. The lowest BCUT2D eigenvalue weighted by Crippen LogP contribution is -2.25. The first-order chi connectivity index (χ1) is 10.9. The first-order valence-corrected chi connectivity index (χ1v) is 8.51. The molecule has 1 aliphatic carbocycles. The third-order valence-electron chi connectivity index (χ3n) is 3.84. The average molecular weight is 296 g/mol. The topological polar surface area (TPSA) is 15.3 Å². The van der Waals surface area contributed by atoms with Crippen LogP contribution in [0.1, 0.15) is 39.2 Å². The number of nitrogens with zero attached hydrogens (tertiary/aromatic N) is 1. The van der Waals surface area contributed by atoms with Gasteiger partial charge in [-0.05, 0) is 49.6 Å². The van der Waals surface area contributed by atoms with Gasteiger partial charge in [-0.2, -0.15) is 0 Å². The lowest BCUT2D eigenvalue weighted by atomic mass is 10.1. The quantitative estimate of drug-likeness (QED) is 0.776. The van der Waals surface area contributed by atoms with Crippen LogP contribution in [0.3, 0.4) is 0 Å². The van der Waals surface area contributed by atoms with Crippen molar-refractivity contribution in [2.75, 3.05) is 16.8 Å². The Bertz CT molecular complexity index is 547. The normalized spacial score (nSPS) is 13.0. The van der Waals surface area contributed by atoms with E-state index in [1.54, 1.807) is 0 Å². The molecule has 0 saturated heterocycles. The first-order valence-electron chi connectivity index (χ1n) is 8.51. The molecule has 1 N–H and O–H groups in total. The Hall–Kier alpha value is -1.96. The molecule has 1 fully saturated rings. The minimum Gasteiger partial charge on any atom is -0.381 e. The SMILES string of the molecule is CC.CCN(c1cccc(CNc2ccccc2)c1)C1CC1. The highest BCUT2D eigenvalue weighted by Gasteiger charge is 2.27.